The Hall–Kier alpha value is -0.810. The van der Waals surface area contributed by atoms with E-state index in [9.17, 15) is 4.79 Å². The summed E-state index contributed by atoms with van der Waals surface area (Å²) in [7, 11) is 0. The quantitative estimate of drug-likeness (QED) is 0.803. The summed E-state index contributed by atoms with van der Waals surface area (Å²) in [5.41, 5.74) is 6.79. The zero-order chi connectivity index (χ0) is 13.7. The molecule has 1 aromatic carbocycles. The minimum Gasteiger partial charge on any atom is -0.353 e. The Labute approximate surface area is 139 Å². The van der Waals surface area contributed by atoms with E-state index in [1.807, 2.05) is 30.3 Å². The summed E-state index contributed by atoms with van der Waals surface area (Å²) in [6, 6.07) is 9.65. The molecule has 2 rings (SSSR count). The molecule has 0 saturated heterocycles. The highest BCUT2D eigenvalue weighted by molar-refractivity contribution is 5.85. The summed E-state index contributed by atoms with van der Waals surface area (Å²) in [5.74, 6) is -0.0990. The van der Waals surface area contributed by atoms with Crippen LogP contribution in [0.25, 0.3) is 0 Å². The largest absolute Gasteiger partial charge is 0.353 e. The second kappa shape index (κ2) is 10.0. The lowest BCUT2D eigenvalue weighted by molar-refractivity contribution is -0.122. The van der Waals surface area contributed by atoms with Gasteiger partial charge in [-0.1, -0.05) is 37.3 Å². The first-order chi connectivity index (χ1) is 9.22. The first-order valence-corrected chi connectivity index (χ1v) is 7.04. The number of rotatable bonds is 7. The van der Waals surface area contributed by atoms with Crippen LogP contribution in [-0.2, 0) is 4.79 Å². The van der Waals surface area contributed by atoms with Crippen molar-refractivity contribution in [3.63, 3.8) is 0 Å². The van der Waals surface area contributed by atoms with Gasteiger partial charge in [-0.3, -0.25) is 9.69 Å². The van der Waals surface area contributed by atoms with Crippen LogP contribution in [0.4, 0.5) is 0 Å². The van der Waals surface area contributed by atoms with Crippen LogP contribution in [0.15, 0.2) is 30.3 Å². The molecule has 1 aliphatic rings. The maximum atomic E-state index is 11.9. The van der Waals surface area contributed by atoms with Gasteiger partial charge in [0.2, 0.25) is 5.91 Å². The van der Waals surface area contributed by atoms with Gasteiger partial charge < -0.3 is 11.1 Å². The van der Waals surface area contributed by atoms with E-state index in [4.69, 9.17) is 5.73 Å². The maximum absolute atomic E-state index is 11.9. The molecule has 4 nitrogen and oxygen atoms in total. The van der Waals surface area contributed by atoms with Crippen molar-refractivity contribution in [3.05, 3.63) is 35.9 Å². The smallest absolute Gasteiger partial charge is 0.241 e. The molecule has 1 aromatic rings. The predicted molar refractivity (Wildman–Crippen MR) is 91.1 cm³/mol. The van der Waals surface area contributed by atoms with Crippen LogP contribution in [0.1, 0.15) is 31.4 Å². The lowest BCUT2D eigenvalue weighted by Gasteiger charge is -2.20. The van der Waals surface area contributed by atoms with Crippen molar-refractivity contribution in [1.82, 2.24) is 10.2 Å². The number of halogens is 2. The average Bonchev–Trinajstić information content (AvgIpc) is 3.28. The van der Waals surface area contributed by atoms with Gasteiger partial charge in [0, 0.05) is 19.1 Å². The zero-order valence-electron chi connectivity index (χ0n) is 12.3. The van der Waals surface area contributed by atoms with E-state index in [-0.39, 0.29) is 30.7 Å². The van der Waals surface area contributed by atoms with E-state index in [1.165, 1.54) is 12.8 Å². The van der Waals surface area contributed by atoms with Crippen molar-refractivity contribution in [3.8, 4) is 0 Å². The highest BCUT2D eigenvalue weighted by atomic mass is 35.5. The highest BCUT2D eigenvalue weighted by Crippen LogP contribution is 2.25. The van der Waals surface area contributed by atoms with E-state index in [2.05, 4.69) is 17.1 Å². The SMILES string of the molecule is CCN(CCNC(=O)C(N)c1ccccc1)C1CC1.Cl.Cl. The minimum absolute atomic E-state index is 0. The summed E-state index contributed by atoms with van der Waals surface area (Å²) in [5, 5.41) is 2.92. The highest BCUT2D eigenvalue weighted by Gasteiger charge is 2.27. The standard InChI is InChI=1S/C15H23N3O.2ClH/c1-2-18(13-8-9-13)11-10-17-15(19)14(16)12-6-4-3-5-7-12;;/h3-7,13-14H,2,8-11,16H2,1H3,(H,17,19);2*1H. The number of nitrogens with zero attached hydrogens (tertiary/aromatic N) is 1. The number of benzene rings is 1. The molecule has 1 fully saturated rings. The number of nitrogens with two attached hydrogens (primary N) is 1. The average molecular weight is 334 g/mol. The Bertz CT molecular complexity index is 413. The van der Waals surface area contributed by atoms with Gasteiger partial charge >= 0.3 is 0 Å². The Kier molecular flexibility index (Phi) is 9.62. The molecule has 1 atom stereocenters. The number of hydrogen-bond donors (Lipinski definition) is 2. The van der Waals surface area contributed by atoms with E-state index >= 15 is 0 Å². The zero-order valence-corrected chi connectivity index (χ0v) is 14.0. The summed E-state index contributed by atoms with van der Waals surface area (Å²) in [4.78, 5) is 14.4. The van der Waals surface area contributed by atoms with Crippen LogP contribution in [0.5, 0.6) is 0 Å². The first-order valence-electron chi connectivity index (χ1n) is 7.04. The number of hydrogen-bond acceptors (Lipinski definition) is 3. The van der Waals surface area contributed by atoms with Gasteiger partial charge in [0.1, 0.15) is 6.04 Å². The van der Waals surface area contributed by atoms with E-state index in [0.29, 0.717) is 6.54 Å². The van der Waals surface area contributed by atoms with Crippen LogP contribution < -0.4 is 11.1 Å². The lowest BCUT2D eigenvalue weighted by Crippen LogP contribution is -2.39. The van der Waals surface area contributed by atoms with Crippen molar-refractivity contribution in [2.24, 2.45) is 5.73 Å². The summed E-state index contributed by atoms with van der Waals surface area (Å²) < 4.78 is 0. The van der Waals surface area contributed by atoms with E-state index in [1.54, 1.807) is 0 Å². The molecule has 0 spiro atoms. The summed E-state index contributed by atoms with van der Waals surface area (Å²) in [6.45, 7) is 4.79. The molecule has 0 heterocycles. The molecular weight excluding hydrogens is 309 g/mol. The molecule has 1 saturated carbocycles. The second-order valence-electron chi connectivity index (χ2n) is 5.04. The fraction of sp³-hybridized carbons (Fsp3) is 0.533. The molecule has 3 N–H and O–H groups in total. The Morgan fingerprint density at radius 3 is 2.48 bits per heavy atom. The van der Waals surface area contributed by atoms with Gasteiger partial charge in [-0.2, -0.15) is 0 Å². The number of nitrogens with one attached hydrogen (secondary N) is 1. The van der Waals surface area contributed by atoms with Crippen LogP contribution in [-0.4, -0.2) is 36.5 Å². The molecule has 1 aliphatic carbocycles. The molecule has 120 valence electrons. The Balaban J connectivity index is 0.00000200. The lowest BCUT2D eigenvalue weighted by atomic mass is 10.1. The van der Waals surface area contributed by atoms with Crippen molar-refractivity contribution in [1.29, 1.82) is 0 Å². The number of carbonyl (C=O) groups is 1. The molecule has 0 bridgehead atoms. The van der Waals surface area contributed by atoms with Crippen LogP contribution in [0.3, 0.4) is 0 Å². The molecule has 0 aliphatic heterocycles. The van der Waals surface area contributed by atoms with Crippen molar-refractivity contribution in [2.45, 2.75) is 31.8 Å². The third-order valence-corrected chi connectivity index (χ3v) is 3.61. The fourth-order valence-electron chi connectivity index (χ4n) is 2.28. The topological polar surface area (TPSA) is 58.4 Å². The monoisotopic (exact) mass is 333 g/mol. The first kappa shape index (κ1) is 20.2. The molecule has 0 aromatic heterocycles. The molecule has 1 unspecified atom stereocenters. The number of carbonyl (C=O) groups excluding carboxylic acids is 1. The summed E-state index contributed by atoms with van der Waals surface area (Å²) >= 11 is 0. The maximum Gasteiger partial charge on any atom is 0.241 e. The Morgan fingerprint density at radius 2 is 1.95 bits per heavy atom. The van der Waals surface area contributed by atoms with Gasteiger partial charge in [-0.15, -0.1) is 24.8 Å². The van der Waals surface area contributed by atoms with Gasteiger partial charge in [0.05, 0.1) is 0 Å². The molecular formula is C15H25Cl2N3O. The Morgan fingerprint density at radius 1 is 1.33 bits per heavy atom. The van der Waals surface area contributed by atoms with E-state index in [0.717, 1.165) is 24.7 Å². The van der Waals surface area contributed by atoms with Crippen LogP contribution in [0, 0.1) is 0 Å². The van der Waals surface area contributed by atoms with Gasteiger partial charge in [-0.05, 0) is 24.9 Å². The van der Waals surface area contributed by atoms with E-state index < -0.39 is 6.04 Å². The number of likely N-dealkylation sites (N-methyl/N-ethyl adjacent to an activating group) is 1. The van der Waals surface area contributed by atoms with Gasteiger partial charge in [-0.25, -0.2) is 0 Å². The predicted octanol–water partition coefficient (Wildman–Crippen LogP) is 2.13. The molecule has 0 radical (unpaired) electrons. The summed E-state index contributed by atoms with van der Waals surface area (Å²) in [6.07, 6.45) is 2.59. The van der Waals surface area contributed by atoms with Crippen LogP contribution in [0.2, 0.25) is 0 Å². The van der Waals surface area contributed by atoms with Crippen molar-refractivity contribution >= 4 is 30.7 Å². The van der Waals surface area contributed by atoms with Crippen molar-refractivity contribution < 1.29 is 4.79 Å². The van der Waals surface area contributed by atoms with Gasteiger partial charge in [0.15, 0.2) is 0 Å². The minimum atomic E-state index is -0.572. The van der Waals surface area contributed by atoms with Crippen LogP contribution >= 0.6 is 24.8 Å². The third kappa shape index (κ3) is 6.22. The third-order valence-electron chi connectivity index (χ3n) is 3.61. The molecule has 1 amide bonds. The molecule has 21 heavy (non-hydrogen) atoms. The fourth-order valence-corrected chi connectivity index (χ4v) is 2.28. The number of amides is 1. The molecule has 6 heteroatoms. The van der Waals surface area contributed by atoms with Crippen molar-refractivity contribution in [2.75, 3.05) is 19.6 Å². The second-order valence-corrected chi connectivity index (χ2v) is 5.04. The normalized spacial score (nSPS) is 14.8. The van der Waals surface area contributed by atoms with Gasteiger partial charge in [0.25, 0.3) is 0 Å².